The highest BCUT2D eigenvalue weighted by Crippen LogP contribution is 2.30. The van der Waals surface area contributed by atoms with Gasteiger partial charge >= 0.3 is 0 Å². The second kappa shape index (κ2) is 5.08. The molecule has 0 saturated heterocycles. The summed E-state index contributed by atoms with van der Waals surface area (Å²) >= 11 is 0. The number of benzene rings is 1. The van der Waals surface area contributed by atoms with Gasteiger partial charge in [0.25, 0.3) is 0 Å². The normalized spacial score (nSPS) is 15.4. The molecule has 0 aliphatic heterocycles. The van der Waals surface area contributed by atoms with Gasteiger partial charge in [0, 0.05) is 17.4 Å². The summed E-state index contributed by atoms with van der Waals surface area (Å²) in [5.41, 5.74) is 1.82. The van der Waals surface area contributed by atoms with Gasteiger partial charge in [-0.05, 0) is 25.3 Å². The highest BCUT2D eigenvalue weighted by molar-refractivity contribution is 6.11. The standard InChI is InChI=1S/C16H20N2O/c1-11(19)15-13-7-2-3-8-14(13)18-16(15)17-10-9-12-5-4-6-12/h2-3,7-8,12,17-18H,4-6,9-10H2,1H3. The van der Waals surface area contributed by atoms with Crippen LogP contribution in [-0.4, -0.2) is 17.3 Å². The number of hydrogen-bond donors (Lipinski definition) is 2. The van der Waals surface area contributed by atoms with Gasteiger partial charge in [-0.2, -0.15) is 0 Å². The average molecular weight is 256 g/mol. The molecule has 1 saturated carbocycles. The third-order valence-corrected chi connectivity index (χ3v) is 4.14. The van der Waals surface area contributed by atoms with Gasteiger partial charge in [0.1, 0.15) is 5.82 Å². The molecule has 100 valence electrons. The zero-order valence-corrected chi connectivity index (χ0v) is 11.3. The molecule has 3 rings (SSSR count). The molecule has 2 N–H and O–H groups in total. The van der Waals surface area contributed by atoms with E-state index in [1.165, 1.54) is 25.7 Å². The van der Waals surface area contributed by atoms with Crippen molar-refractivity contribution in [1.82, 2.24) is 4.98 Å². The lowest BCUT2D eigenvalue weighted by atomic mass is 9.83. The maximum atomic E-state index is 11.8. The Kier molecular flexibility index (Phi) is 3.28. The largest absolute Gasteiger partial charge is 0.371 e. The minimum atomic E-state index is 0.114. The quantitative estimate of drug-likeness (QED) is 0.795. The molecule has 0 atom stereocenters. The second-order valence-corrected chi connectivity index (χ2v) is 5.49. The monoisotopic (exact) mass is 256 g/mol. The van der Waals surface area contributed by atoms with Crippen LogP contribution in [0.15, 0.2) is 24.3 Å². The Bertz CT molecular complexity index is 596. The fourth-order valence-electron chi connectivity index (χ4n) is 2.82. The van der Waals surface area contributed by atoms with Crippen molar-refractivity contribution in [3.8, 4) is 0 Å². The number of Topliss-reactive ketones (excluding diaryl/α,β-unsaturated/α-hetero) is 1. The summed E-state index contributed by atoms with van der Waals surface area (Å²) in [5, 5.41) is 4.42. The number of rotatable bonds is 5. The van der Waals surface area contributed by atoms with Crippen LogP contribution in [0.1, 0.15) is 43.0 Å². The lowest BCUT2D eigenvalue weighted by Crippen LogP contribution is -2.16. The van der Waals surface area contributed by atoms with Gasteiger partial charge in [0.2, 0.25) is 0 Å². The van der Waals surface area contributed by atoms with Crippen molar-refractivity contribution in [2.45, 2.75) is 32.6 Å². The van der Waals surface area contributed by atoms with Crippen LogP contribution in [0.4, 0.5) is 5.82 Å². The maximum Gasteiger partial charge on any atom is 0.164 e. The number of aromatic amines is 1. The summed E-state index contributed by atoms with van der Waals surface area (Å²) in [5.74, 6) is 1.88. The first-order chi connectivity index (χ1) is 9.25. The fraction of sp³-hybridized carbons (Fsp3) is 0.438. The van der Waals surface area contributed by atoms with E-state index in [-0.39, 0.29) is 5.78 Å². The predicted octanol–water partition coefficient (Wildman–Crippen LogP) is 3.97. The average Bonchev–Trinajstić information content (AvgIpc) is 2.70. The lowest BCUT2D eigenvalue weighted by Gasteiger charge is -2.25. The van der Waals surface area contributed by atoms with Gasteiger partial charge in [0.05, 0.1) is 5.56 Å². The second-order valence-electron chi connectivity index (χ2n) is 5.49. The molecule has 0 bridgehead atoms. The number of aromatic nitrogens is 1. The van der Waals surface area contributed by atoms with Crippen LogP contribution in [0.2, 0.25) is 0 Å². The molecule has 1 aliphatic carbocycles. The Hall–Kier alpha value is -1.77. The van der Waals surface area contributed by atoms with Crippen molar-refractivity contribution in [2.75, 3.05) is 11.9 Å². The molecule has 1 heterocycles. The predicted molar refractivity (Wildman–Crippen MR) is 78.8 cm³/mol. The first kappa shape index (κ1) is 12.3. The van der Waals surface area contributed by atoms with E-state index in [2.05, 4.69) is 10.3 Å². The smallest absolute Gasteiger partial charge is 0.164 e. The van der Waals surface area contributed by atoms with Crippen molar-refractivity contribution in [3.63, 3.8) is 0 Å². The Labute approximate surface area is 113 Å². The van der Waals surface area contributed by atoms with Crippen molar-refractivity contribution in [1.29, 1.82) is 0 Å². The number of fused-ring (bicyclic) bond motifs is 1. The number of carbonyl (C=O) groups is 1. The zero-order valence-electron chi connectivity index (χ0n) is 11.3. The highest BCUT2D eigenvalue weighted by Gasteiger charge is 2.18. The van der Waals surface area contributed by atoms with Crippen LogP contribution in [0.25, 0.3) is 10.9 Å². The summed E-state index contributed by atoms with van der Waals surface area (Å²) < 4.78 is 0. The number of H-pyrrole nitrogens is 1. The molecule has 3 nitrogen and oxygen atoms in total. The molecule has 1 aromatic heterocycles. The van der Waals surface area contributed by atoms with Crippen molar-refractivity contribution >= 4 is 22.5 Å². The zero-order chi connectivity index (χ0) is 13.2. The summed E-state index contributed by atoms with van der Waals surface area (Å²) in [6.07, 6.45) is 5.32. The van der Waals surface area contributed by atoms with E-state index in [9.17, 15) is 4.79 Å². The molecule has 1 fully saturated rings. The van der Waals surface area contributed by atoms with E-state index < -0.39 is 0 Å². The Morgan fingerprint density at radius 2 is 2.16 bits per heavy atom. The van der Waals surface area contributed by atoms with Crippen molar-refractivity contribution in [3.05, 3.63) is 29.8 Å². The van der Waals surface area contributed by atoms with Crippen LogP contribution in [0, 0.1) is 5.92 Å². The van der Waals surface area contributed by atoms with E-state index in [0.717, 1.165) is 34.7 Å². The van der Waals surface area contributed by atoms with E-state index >= 15 is 0 Å². The molecule has 3 heteroatoms. The third-order valence-electron chi connectivity index (χ3n) is 4.14. The number of carbonyl (C=O) groups excluding carboxylic acids is 1. The minimum Gasteiger partial charge on any atom is -0.371 e. The Morgan fingerprint density at radius 3 is 2.84 bits per heavy atom. The van der Waals surface area contributed by atoms with Crippen molar-refractivity contribution < 1.29 is 4.79 Å². The number of ketones is 1. The SMILES string of the molecule is CC(=O)c1c(NCCC2CCC2)[nH]c2ccccc12. The van der Waals surface area contributed by atoms with Crippen molar-refractivity contribution in [2.24, 2.45) is 5.92 Å². The molecule has 19 heavy (non-hydrogen) atoms. The van der Waals surface area contributed by atoms with Crippen LogP contribution in [-0.2, 0) is 0 Å². The minimum absolute atomic E-state index is 0.114. The van der Waals surface area contributed by atoms with Crippen LogP contribution >= 0.6 is 0 Å². The van der Waals surface area contributed by atoms with Gasteiger partial charge in [-0.1, -0.05) is 37.5 Å². The Balaban J connectivity index is 1.80. The van der Waals surface area contributed by atoms with Gasteiger partial charge < -0.3 is 10.3 Å². The van der Waals surface area contributed by atoms with E-state index in [4.69, 9.17) is 0 Å². The summed E-state index contributed by atoms with van der Waals surface area (Å²) in [6, 6.07) is 7.97. The van der Waals surface area contributed by atoms with Gasteiger partial charge in [-0.25, -0.2) is 0 Å². The van der Waals surface area contributed by atoms with Crippen LogP contribution < -0.4 is 5.32 Å². The number of nitrogens with one attached hydrogen (secondary N) is 2. The molecular formula is C16H20N2O. The summed E-state index contributed by atoms with van der Waals surface area (Å²) in [7, 11) is 0. The maximum absolute atomic E-state index is 11.8. The van der Waals surface area contributed by atoms with E-state index in [1.54, 1.807) is 6.92 Å². The van der Waals surface area contributed by atoms with E-state index in [1.807, 2.05) is 24.3 Å². The fourth-order valence-corrected chi connectivity index (χ4v) is 2.82. The molecular weight excluding hydrogens is 236 g/mol. The number of para-hydroxylation sites is 1. The molecule has 1 aliphatic rings. The van der Waals surface area contributed by atoms with Gasteiger partial charge in [-0.15, -0.1) is 0 Å². The van der Waals surface area contributed by atoms with Gasteiger partial charge in [-0.3, -0.25) is 4.79 Å². The molecule has 0 radical (unpaired) electrons. The van der Waals surface area contributed by atoms with E-state index in [0.29, 0.717) is 0 Å². The first-order valence-electron chi connectivity index (χ1n) is 7.11. The molecule has 2 aromatic rings. The third kappa shape index (κ3) is 2.37. The molecule has 0 unspecified atom stereocenters. The number of hydrogen-bond acceptors (Lipinski definition) is 2. The lowest BCUT2D eigenvalue weighted by molar-refractivity contribution is 0.102. The van der Waals surface area contributed by atoms with Crippen LogP contribution in [0.3, 0.4) is 0 Å². The number of anilines is 1. The highest BCUT2D eigenvalue weighted by atomic mass is 16.1. The van der Waals surface area contributed by atoms with Gasteiger partial charge in [0.15, 0.2) is 5.78 Å². The first-order valence-corrected chi connectivity index (χ1v) is 7.11. The molecule has 0 amide bonds. The summed E-state index contributed by atoms with van der Waals surface area (Å²) in [4.78, 5) is 15.2. The van der Waals surface area contributed by atoms with Crippen LogP contribution in [0.5, 0.6) is 0 Å². The molecule has 0 spiro atoms. The Morgan fingerprint density at radius 1 is 1.37 bits per heavy atom. The topological polar surface area (TPSA) is 44.9 Å². The summed E-state index contributed by atoms with van der Waals surface area (Å²) in [6.45, 7) is 2.57. The molecule has 1 aromatic carbocycles.